The quantitative estimate of drug-likeness (QED) is 0.767. The van der Waals surface area contributed by atoms with Crippen LogP contribution in [0.4, 0.5) is 10.1 Å². The van der Waals surface area contributed by atoms with E-state index in [9.17, 15) is 12.8 Å². The van der Waals surface area contributed by atoms with Crippen LogP contribution in [0.15, 0.2) is 58.5 Å². The Bertz CT molecular complexity index is 1050. The van der Waals surface area contributed by atoms with Crippen molar-refractivity contribution < 1.29 is 12.8 Å². The van der Waals surface area contributed by atoms with Crippen LogP contribution in [0.1, 0.15) is 0 Å². The molecule has 1 N–H and O–H groups in total. The average Bonchev–Trinajstić information content (AvgIpc) is 3.08. The van der Waals surface area contributed by atoms with Gasteiger partial charge in [0, 0.05) is 42.8 Å². The van der Waals surface area contributed by atoms with Gasteiger partial charge in [0.15, 0.2) is 0 Å². The van der Waals surface area contributed by atoms with Crippen molar-refractivity contribution >= 4 is 26.4 Å². The molecule has 1 aliphatic rings. The molecule has 26 heavy (non-hydrogen) atoms. The third-order valence-electron chi connectivity index (χ3n) is 4.88. The Morgan fingerprint density at radius 1 is 1.00 bits per heavy atom. The Morgan fingerprint density at radius 2 is 1.73 bits per heavy atom. The summed E-state index contributed by atoms with van der Waals surface area (Å²) in [5.74, 6) is -0.745. The smallest absolute Gasteiger partial charge is 0.224 e. The third kappa shape index (κ3) is 2.87. The summed E-state index contributed by atoms with van der Waals surface area (Å²) < 4.78 is 39.8. The summed E-state index contributed by atoms with van der Waals surface area (Å²) in [5.41, 5.74) is 1.73. The van der Waals surface area contributed by atoms with E-state index in [1.54, 1.807) is 6.07 Å². The molecule has 7 heteroatoms. The number of nitrogens with one attached hydrogen (secondary N) is 1. The van der Waals surface area contributed by atoms with Crippen molar-refractivity contribution in [1.29, 1.82) is 0 Å². The van der Waals surface area contributed by atoms with Gasteiger partial charge in [0.05, 0.1) is 0 Å². The van der Waals surface area contributed by atoms with E-state index in [2.05, 4.69) is 21.8 Å². The first kappa shape index (κ1) is 17.1. The summed E-state index contributed by atoms with van der Waals surface area (Å²) in [6.45, 7) is 3.69. The van der Waals surface area contributed by atoms with Crippen molar-refractivity contribution in [2.45, 2.75) is 9.92 Å². The van der Waals surface area contributed by atoms with Gasteiger partial charge in [-0.3, -0.25) is 0 Å². The number of benzene rings is 2. The molecule has 2 aromatic carbocycles. The second-order valence-electron chi connectivity index (χ2n) is 6.60. The molecule has 136 valence electrons. The molecule has 0 atom stereocenters. The molecule has 0 bridgehead atoms. The van der Waals surface area contributed by atoms with Crippen molar-refractivity contribution in [3.63, 3.8) is 0 Å². The van der Waals surface area contributed by atoms with E-state index in [0.717, 1.165) is 48.8 Å². The number of piperazine rings is 1. The molecule has 2 heterocycles. The predicted molar refractivity (Wildman–Crippen MR) is 99.9 cm³/mol. The fraction of sp³-hybridized carbons (Fsp3) is 0.263. The largest absolute Gasteiger partial charge is 0.368 e. The molecule has 3 aromatic rings. The lowest BCUT2D eigenvalue weighted by molar-refractivity contribution is 0.313. The van der Waals surface area contributed by atoms with E-state index < -0.39 is 15.7 Å². The first-order valence-electron chi connectivity index (χ1n) is 8.52. The summed E-state index contributed by atoms with van der Waals surface area (Å²) >= 11 is 0. The number of sulfone groups is 1. The minimum Gasteiger partial charge on any atom is -0.368 e. The van der Waals surface area contributed by atoms with Gasteiger partial charge in [-0.25, -0.2) is 12.8 Å². The van der Waals surface area contributed by atoms with Crippen LogP contribution in [0.3, 0.4) is 0 Å². The first-order chi connectivity index (χ1) is 12.5. The number of hydrogen-bond donors (Lipinski definition) is 1. The summed E-state index contributed by atoms with van der Waals surface area (Å²) in [7, 11) is -1.85. The van der Waals surface area contributed by atoms with Gasteiger partial charge in [-0.2, -0.15) is 0 Å². The summed E-state index contributed by atoms with van der Waals surface area (Å²) in [6.07, 6.45) is 0. The average molecular weight is 373 g/mol. The Balaban J connectivity index is 1.79. The fourth-order valence-electron chi connectivity index (χ4n) is 3.36. The number of nitrogens with zero attached hydrogens (tertiary/aromatic N) is 2. The van der Waals surface area contributed by atoms with Gasteiger partial charge in [0.2, 0.25) is 9.84 Å². The SMILES string of the molecule is CN1CCN(c2cccc3[nH]c(S(=O)(=O)c4ccccc4F)cc23)CC1. The number of aromatic nitrogens is 1. The number of H-pyrrole nitrogens is 1. The van der Waals surface area contributed by atoms with E-state index in [4.69, 9.17) is 0 Å². The van der Waals surface area contributed by atoms with Crippen LogP contribution in [-0.2, 0) is 9.84 Å². The maximum atomic E-state index is 14.0. The van der Waals surface area contributed by atoms with E-state index in [1.165, 1.54) is 18.2 Å². The van der Waals surface area contributed by atoms with Crippen LogP contribution in [0.5, 0.6) is 0 Å². The van der Waals surface area contributed by atoms with Crippen LogP contribution in [-0.4, -0.2) is 51.5 Å². The minimum absolute atomic E-state index is 0.0131. The highest BCUT2D eigenvalue weighted by atomic mass is 32.2. The molecule has 1 fully saturated rings. The fourth-order valence-corrected chi connectivity index (χ4v) is 4.70. The van der Waals surface area contributed by atoms with Crippen LogP contribution in [0.2, 0.25) is 0 Å². The molecule has 0 saturated carbocycles. The van der Waals surface area contributed by atoms with Crippen molar-refractivity contribution in [2.24, 2.45) is 0 Å². The zero-order chi connectivity index (χ0) is 18.3. The molecule has 0 aliphatic carbocycles. The zero-order valence-electron chi connectivity index (χ0n) is 14.4. The minimum atomic E-state index is -3.95. The second kappa shape index (κ2) is 6.41. The van der Waals surface area contributed by atoms with Gasteiger partial charge in [-0.1, -0.05) is 18.2 Å². The number of fused-ring (bicyclic) bond motifs is 1. The highest BCUT2D eigenvalue weighted by Gasteiger charge is 2.25. The maximum absolute atomic E-state index is 14.0. The summed E-state index contributed by atoms with van der Waals surface area (Å²) in [5, 5.41) is 0.853. The van der Waals surface area contributed by atoms with Gasteiger partial charge < -0.3 is 14.8 Å². The number of aromatic amines is 1. The van der Waals surface area contributed by atoms with E-state index in [0.29, 0.717) is 0 Å². The molecule has 0 amide bonds. The maximum Gasteiger partial charge on any atom is 0.224 e. The number of anilines is 1. The highest BCUT2D eigenvalue weighted by molar-refractivity contribution is 7.91. The third-order valence-corrected chi connectivity index (χ3v) is 6.59. The molecule has 4 rings (SSSR count). The van der Waals surface area contributed by atoms with Crippen LogP contribution in [0.25, 0.3) is 10.9 Å². The summed E-state index contributed by atoms with van der Waals surface area (Å²) in [4.78, 5) is 7.17. The number of likely N-dealkylation sites (N-methyl/N-ethyl adjacent to an activating group) is 1. The summed E-state index contributed by atoms with van der Waals surface area (Å²) in [6, 6.07) is 12.8. The lowest BCUT2D eigenvalue weighted by Crippen LogP contribution is -2.44. The number of halogens is 1. The number of rotatable bonds is 3. The predicted octanol–water partition coefficient (Wildman–Crippen LogP) is 2.89. The van der Waals surface area contributed by atoms with Gasteiger partial charge in [-0.05, 0) is 37.4 Å². The van der Waals surface area contributed by atoms with Gasteiger partial charge >= 0.3 is 0 Å². The molecule has 5 nitrogen and oxygen atoms in total. The van der Waals surface area contributed by atoms with E-state index in [1.807, 2.05) is 18.2 Å². The highest BCUT2D eigenvalue weighted by Crippen LogP contribution is 2.32. The standard InChI is InChI=1S/C19H20FN3O2S/c1-22-9-11-23(12-10-22)17-7-4-6-16-14(17)13-19(21-16)26(24,25)18-8-3-2-5-15(18)20/h2-8,13,21H,9-12H2,1H3. The van der Waals surface area contributed by atoms with Crippen LogP contribution >= 0.6 is 0 Å². The van der Waals surface area contributed by atoms with Crippen molar-refractivity contribution in [3.05, 3.63) is 54.3 Å². The Labute approximate surface area is 152 Å². The Hall–Kier alpha value is -2.38. The molecule has 0 spiro atoms. The van der Waals surface area contributed by atoms with E-state index in [-0.39, 0.29) is 9.92 Å². The molecule has 1 saturated heterocycles. The molecular weight excluding hydrogens is 353 g/mol. The first-order valence-corrected chi connectivity index (χ1v) is 10.00. The van der Waals surface area contributed by atoms with Gasteiger partial charge in [0.25, 0.3) is 0 Å². The Kier molecular flexibility index (Phi) is 4.20. The molecule has 0 radical (unpaired) electrons. The topological polar surface area (TPSA) is 56.4 Å². The van der Waals surface area contributed by atoms with Crippen molar-refractivity contribution in [1.82, 2.24) is 9.88 Å². The van der Waals surface area contributed by atoms with Crippen LogP contribution in [0, 0.1) is 5.82 Å². The molecule has 0 unspecified atom stereocenters. The molecular formula is C19H20FN3O2S. The second-order valence-corrected chi connectivity index (χ2v) is 8.48. The monoisotopic (exact) mass is 373 g/mol. The van der Waals surface area contributed by atoms with Crippen molar-refractivity contribution in [2.75, 3.05) is 38.1 Å². The van der Waals surface area contributed by atoms with Crippen LogP contribution < -0.4 is 4.90 Å². The lowest BCUT2D eigenvalue weighted by atomic mass is 10.2. The van der Waals surface area contributed by atoms with E-state index >= 15 is 0 Å². The van der Waals surface area contributed by atoms with Crippen molar-refractivity contribution in [3.8, 4) is 0 Å². The lowest BCUT2D eigenvalue weighted by Gasteiger charge is -2.34. The van der Waals surface area contributed by atoms with Gasteiger partial charge in [0.1, 0.15) is 15.7 Å². The number of hydrogen-bond acceptors (Lipinski definition) is 4. The normalized spacial score (nSPS) is 16.3. The van der Waals surface area contributed by atoms with Gasteiger partial charge in [-0.15, -0.1) is 0 Å². The molecule has 1 aromatic heterocycles. The zero-order valence-corrected chi connectivity index (χ0v) is 15.3. The molecule has 1 aliphatic heterocycles. The Morgan fingerprint density at radius 3 is 2.46 bits per heavy atom.